The van der Waals surface area contributed by atoms with E-state index in [1.165, 1.54) is 24.3 Å². The van der Waals surface area contributed by atoms with E-state index in [1.807, 2.05) is 0 Å². The Morgan fingerprint density at radius 2 is 1.68 bits per heavy atom. The summed E-state index contributed by atoms with van der Waals surface area (Å²) in [7, 11) is -7.77. The Morgan fingerprint density at radius 1 is 1.04 bits per heavy atom. The topological polar surface area (TPSA) is 113 Å². The molecule has 0 aliphatic rings. The first kappa shape index (κ1) is 22.7. The number of hydrogen-bond donors (Lipinski definition) is 3. The lowest BCUT2D eigenvalue weighted by atomic mass is 10.1. The summed E-state index contributed by atoms with van der Waals surface area (Å²) in [5.41, 5.74) is -0.271. The molecular weight excluding hydrogens is 468 g/mol. The van der Waals surface area contributed by atoms with E-state index >= 15 is 0 Å². The summed E-state index contributed by atoms with van der Waals surface area (Å²) in [6.45, 7) is 5.09. The van der Waals surface area contributed by atoms with Crippen LogP contribution >= 0.6 is 15.9 Å². The van der Waals surface area contributed by atoms with E-state index in [0.29, 0.717) is 10.0 Å². The molecule has 0 unspecified atom stereocenters. The second kappa shape index (κ2) is 8.40. The molecule has 2 aromatic rings. The van der Waals surface area contributed by atoms with Gasteiger partial charge in [0.15, 0.2) is 0 Å². The van der Waals surface area contributed by atoms with E-state index in [1.54, 1.807) is 39.0 Å². The number of anilines is 1. The van der Waals surface area contributed by atoms with Crippen LogP contribution in [0.25, 0.3) is 0 Å². The maximum Gasteiger partial charge on any atom is 0.243 e. The number of phenols is 1. The molecule has 0 amide bonds. The lowest BCUT2D eigenvalue weighted by molar-refractivity contribution is 0.468. The van der Waals surface area contributed by atoms with E-state index in [0.717, 1.165) is 0 Å². The summed E-state index contributed by atoms with van der Waals surface area (Å²) in [4.78, 5) is -0.153. The van der Waals surface area contributed by atoms with Crippen LogP contribution in [0.4, 0.5) is 5.69 Å². The van der Waals surface area contributed by atoms with Gasteiger partial charge >= 0.3 is 0 Å². The molecule has 0 spiro atoms. The van der Waals surface area contributed by atoms with Crippen molar-refractivity contribution in [3.05, 3.63) is 52.5 Å². The van der Waals surface area contributed by atoms with Crippen LogP contribution in [-0.2, 0) is 26.5 Å². The van der Waals surface area contributed by atoms with Gasteiger partial charge in [-0.1, -0.05) is 34.1 Å². The number of rotatable bonds is 7. The Balaban J connectivity index is 2.23. The van der Waals surface area contributed by atoms with Crippen molar-refractivity contribution in [3.63, 3.8) is 0 Å². The van der Waals surface area contributed by atoms with Crippen LogP contribution in [0, 0.1) is 0 Å². The number of para-hydroxylation sites is 1. The number of aryl methyl sites for hydroxylation is 1. The molecule has 3 N–H and O–H groups in total. The molecule has 154 valence electrons. The van der Waals surface area contributed by atoms with Gasteiger partial charge in [0.05, 0.1) is 11.4 Å². The van der Waals surface area contributed by atoms with Gasteiger partial charge in [-0.25, -0.2) is 21.6 Å². The molecule has 0 fully saturated rings. The van der Waals surface area contributed by atoms with Crippen LogP contribution < -0.4 is 9.44 Å². The minimum absolute atomic E-state index is 0.0121. The monoisotopic (exact) mass is 490 g/mol. The van der Waals surface area contributed by atoms with Gasteiger partial charge in [-0.05, 0) is 57.0 Å². The molecule has 0 aromatic heterocycles. The molecule has 0 saturated heterocycles. The predicted octanol–water partition coefficient (Wildman–Crippen LogP) is 3.22. The van der Waals surface area contributed by atoms with E-state index in [9.17, 15) is 21.9 Å². The molecule has 0 atom stereocenters. The van der Waals surface area contributed by atoms with Crippen molar-refractivity contribution in [2.24, 2.45) is 0 Å². The molecule has 2 rings (SSSR count). The van der Waals surface area contributed by atoms with Gasteiger partial charge in [-0.3, -0.25) is 4.72 Å². The zero-order chi connectivity index (χ0) is 21.2. The van der Waals surface area contributed by atoms with E-state index in [-0.39, 0.29) is 28.5 Å². The van der Waals surface area contributed by atoms with Crippen LogP contribution in [0.15, 0.2) is 51.8 Å². The van der Waals surface area contributed by atoms with Gasteiger partial charge in [0.25, 0.3) is 0 Å². The Hall–Kier alpha value is -1.62. The SMILES string of the molecule is CC(C)(C)NS(=O)(=O)c1ccccc1NS(=O)(=O)CCc1ccc(Br)cc1O. The molecule has 10 heteroatoms. The third kappa shape index (κ3) is 6.47. The van der Waals surface area contributed by atoms with Crippen LogP contribution in [-0.4, -0.2) is 33.2 Å². The quantitative estimate of drug-likeness (QED) is 0.551. The van der Waals surface area contributed by atoms with Gasteiger partial charge in [0.1, 0.15) is 10.6 Å². The zero-order valence-corrected chi connectivity index (χ0v) is 18.9. The van der Waals surface area contributed by atoms with Gasteiger partial charge in [0, 0.05) is 10.0 Å². The Labute approximate surface area is 174 Å². The largest absolute Gasteiger partial charge is 0.508 e. The Kier molecular flexibility index (Phi) is 6.80. The molecule has 0 aliphatic heterocycles. The van der Waals surface area contributed by atoms with Crippen molar-refractivity contribution in [2.75, 3.05) is 10.5 Å². The smallest absolute Gasteiger partial charge is 0.243 e. The summed E-state index contributed by atoms with van der Waals surface area (Å²) < 4.78 is 55.8. The first-order chi connectivity index (χ1) is 12.8. The molecular formula is C18H23BrN2O5S2. The number of benzene rings is 2. The lowest BCUT2D eigenvalue weighted by Crippen LogP contribution is -2.40. The summed E-state index contributed by atoms with van der Waals surface area (Å²) >= 11 is 3.22. The fourth-order valence-electron chi connectivity index (χ4n) is 2.45. The van der Waals surface area contributed by atoms with Crippen LogP contribution in [0.3, 0.4) is 0 Å². The highest BCUT2D eigenvalue weighted by Crippen LogP contribution is 2.25. The number of nitrogens with one attached hydrogen (secondary N) is 2. The van der Waals surface area contributed by atoms with Crippen LogP contribution in [0.2, 0.25) is 0 Å². The van der Waals surface area contributed by atoms with Crippen LogP contribution in [0.1, 0.15) is 26.3 Å². The zero-order valence-electron chi connectivity index (χ0n) is 15.7. The normalized spacial score (nSPS) is 12.7. The molecule has 0 aliphatic carbocycles. The average Bonchev–Trinajstić information content (AvgIpc) is 2.51. The maximum atomic E-state index is 12.6. The minimum atomic E-state index is -3.92. The molecule has 0 bridgehead atoms. The number of phenolic OH excluding ortho intramolecular Hbond substituents is 1. The highest BCUT2D eigenvalue weighted by Gasteiger charge is 2.26. The molecule has 2 aromatic carbocycles. The fraction of sp³-hybridized carbons (Fsp3) is 0.333. The standard InChI is InChI=1S/C18H23BrN2O5S2/c1-18(2,3)21-28(25,26)17-7-5-4-6-15(17)20-27(23,24)11-10-13-8-9-14(19)12-16(13)22/h4-9,12,20-22H,10-11H2,1-3H3. The highest BCUT2D eigenvalue weighted by molar-refractivity contribution is 9.10. The van der Waals surface area contributed by atoms with Crippen LogP contribution in [0.5, 0.6) is 5.75 Å². The van der Waals surface area contributed by atoms with E-state index < -0.39 is 25.6 Å². The second-order valence-corrected chi connectivity index (χ2v) is 11.7. The average molecular weight is 491 g/mol. The molecule has 28 heavy (non-hydrogen) atoms. The van der Waals surface area contributed by atoms with Crippen molar-refractivity contribution >= 4 is 41.7 Å². The van der Waals surface area contributed by atoms with E-state index in [2.05, 4.69) is 25.4 Å². The number of sulfonamides is 2. The molecule has 0 radical (unpaired) electrons. The summed E-state index contributed by atoms with van der Waals surface area (Å²) in [5, 5.41) is 9.90. The molecule has 0 saturated carbocycles. The van der Waals surface area contributed by atoms with E-state index in [4.69, 9.17) is 0 Å². The molecule has 0 heterocycles. The number of hydrogen-bond acceptors (Lipinski definition) is 5. The first-order valence-electron chi connectivity index (χ1n) is 8.40. The third-order valence-electron chi connectivity index (χ3n) is 3.57. The molecule has 7 nitrogen and oxygen atoms in total. The maximum absolute atomic E-state index is 12.6. The second-order valence-electron chi connectivity index (χ2n) is 7.30. The number of halogens is 1. The fourth-order valence-corrected chi connectivity index (χ4v) is 5.55. The lowest BCUT2D eigenvalue weighted by Gasteiger charge is -2.21. The minimum Gasteiger partial charge on any atom is -0.508 e. The van der Waals surface area contributed by atoms with Crippen molar-refractivity contribution in [1.29, 1.82) is 0 Å². The van der Waals surface area contributed by atoms with Gasteiger partial charge in [-0.2, -0.15) is 0 Å². The van der Waals surface area contributed by atoms with Gasteiger partial charge < -0.3 is 5.11 Å². The summed E-state index contributed by atoms with van der Waals surface area (Å²) in [6, 6.07) is 10.6. The Bertz CT molecular complexity index is 1060. The van der Waals surface area contributed by atoms with Crippen molar-refractivity contribution in [1.82, 2.24) is 4.72 Å². The van der Waals surface area contributed by atoms with Gasteiger partial charge in [0.2, 0.25) is 20.0 Å². The van der Waals surface area contributed by atoms with Gasteiger partial charge in [-0.15, -0.1) is 0 Å². The third-order valence-corrected chi connectivity index (χ3v) is 7.15. The van der Waals surface area contributed by atoms with Crippen molar-refractivity contribution in [2.45, 2.75) is 37.6 Å². The first-order valence-corrected chi connectivity index (χ1v) is 12.3. The summed E-state index contributed by atoms with van der Waals surface area (Å²) in [6.07, 6.45) is 0.0730. The summed E-state index contributed by atoms with van der Waals surface area (Å²) in [5.74, 6) is -0.328. The predicted molar refractivity (Wildman–Crippen MR) is 113 cm³/mol. The number of aromatic hydroxyl groups is 1. The Morgan fingerprint density at radius 3 is 2.29 bits per heavy atom. The highest BCUT2D eigenvalue weighted by atomic mass is 79.9. The van der Waals surface area contributed by atoms with Crippen molar-refractivity contribution in [3.8, 4) is 5.75 Å². The van der Waals surface area contributed by atoms with Crippen molar-refractivity contribution < 1.29 is 21.9 Å².